The van der Waals surface area contributed by atoms with Crippen molar-refractivity contribution in [1.29, 1.82) is 0 Å². The Morgan fingerprint density at radius 3 is 2.53 bits per heavy atom. The fraction of sp³-hybridized carbons (Fsp3) is 0.143. The maximum Gasteiger partial charge on any atom is 0.347 e. The minimum atomic E-state index is -0.758. The fourth-order valence-corrected chi connectivity index (χ4v) is 1.74. The fourth-order valence-electron chi connectivity index (χ4n) is 1.74. The molecule has 1 aliphatic rings. The molecule has 0 aliphatic carbocycles. The van der Waals surface area contributed by atoms with Gasteiger partial charge in [0.05, 0.1) is 11.1 Å². The van der Waals surface area contributed by atoms with E-state index in [0.717, 1.165) is 0 Å². The number of cyclic esters (lactones) is 2. The second-order valence-corrected chi connectivity index (χ2v) is 3.98. The smallest absolute Gasteiger partial charge is 0.347 e. The van der Waals surface area contributed by atoms with Crippen LogP contribution in [-0.4, -0.2) is 22.2 Å². The van der Waals surface area contributed by atoms with Crippen molar-refractivity contribution >= 4 is 17.5 Å². The summed E-state index contributed by atoms with van der Waals surface area (Å²) < 4.78 is 4.56. The molecule has 0 amide bonds. The molecule has 2 rings (SSSR count). The molecule has 19 heavy (non-hydrogen) atoms. The summed E-state index contributed by atoms with van der Waals surface area (Å²) in [5, 5.41) is 18.7. The van der Waals surface area contributed by atoms with E-state index in [2.05, 4.69) is 4.74 Å². The Morgan fingerprint density at radius 2 is 1.89 bits per heavy atom. The Kier molecular flexibility index (Phi) is 3.37. The topological polar surface area (TPSA) is 83.8 Å². The molecule has 0 aromatic heterocycles. The number of allylic oxidation sites excluding steroid dienone is 1. The first kappa shape index (κ1) is 12.9. The van der Waals surface area contributed by atoms with Gasteiger partial charge < -0.3 is 14.9 Å². The molecular formula is C14H12O5. The van der Waals surface area contributed by atoms with Crippen molar-refractivity contribution in [3.8, 4) is 11.5 Å². The minimum absolute atomic E-state index is 0.0880. The van der Waals surface area contributed by atoms with E-state index in [0.29, 0.717) is 12.0 Å². The van der Waals surface area contributed by atoms with Gasteiger partial charge in [-0.2, -0.15) is 0 Å². The van der Waals surface area contributed by atoms with E-state index in [1.807, 2.05) is 6.92 Å². The lowest BCUT2D eigenvalue weighted by Gasteiger charge is -2.02. The Bertz CT molecular complexity index is 610. The summed E-state index contributed by atoms with van der Waals surface area (Å²) in [4.78, 5) is 23.2. The van der Waals surface area contributed by atoms with E-state index in [-0.39, 0.29) is 22.6 Å². The van der Waals surface area contributed by atoms with E-state index in [9.17, 15) is 19.8 Å². The lowest BCUT2D eigenvalue weighted by molar-refractivity contribution is -0.150. The average molecular weight is 260 g/mol. The van der Waals surface area contributed by atoms with Gasteiger partial charge in [0, 0.05) is 0 Å². The van der Waals surface area contributed by atoms with Crippen LogP contribution in [0.1, 0.15) is 18.9 Å². The highest BCUT2D eigenvalue weighted by Gasteiger charge is 2.32. The lowest BCUT2D eigenvalue weighted by atomic mass is 10.0. The second-order valence-electron chi connectivity index (χ2n) is 3.98. The largest absolute Gasteiger partial charge is 0.504 e. The van der Waals surface area contributed by atoms with Gasteiger partial charge in [-0.15, -0.1) is 0 Å². The predicted molar refractivity (Wildman–Crippen MR) is 67.2 cm³/mol. The molecule has 5 nitrogen and oxygen atoms in total. The molecule has 0 saturated carbocycles. The summed E-state index contributed by atoms with van der Waals surface area (Å²) in [6.45, 7) is 1.89. The van der Waals surface area contributed by atoms with Gasteiger partial charge in [-0.25, -0.2) is 9.59 Å². The third kappa shape index (κ3) is 2.35. The van der Waals surface area contributed by atoms with Crippen molar-refractivity contribution in [2.24, 2.45) is 0 Å². The van der Waals surface area contributed by atoms with E-state index >= 15 is 0 Å². The van der Waals surface area contributed by atoms with E-state index in [1.165, 1.54) is 24.3 Å². The molecule has 0 unspecified atom stereocenters. The number of carbonyl (C=O) groups excluding carboxylic acids is 2. The zero-order valence-electron chi connectivity index (χ0n) is 10.2. The van der Waals surface area contributed by atoms with Crippen LogP contribution in [0, 0.1) is 0 Å². The molecule has 2 N–H and O–H groups in total. The molecule has 1 aromatic rings. The first-order chi connectivity index (χ1) is 9.04. The van der Waals surface area contributed by atoms with Crippen molar-refractivity contribution < 1.29 is 24.5 Å². The first-order valence-corrected chi connectivity index (χ1v) is 5.74. The van der Waals surface area contributed by atoms with Crippen molar-refractivity contribution in [2.75, 3.05) is 0 Å². The van der Waals surface area contributed by atoms with Crippen LogP contribution in [0.2, 0.25) is 0 Å². The van der Waals surface area contributed by atoms with Gasteiger partial charge in [0.25, 0.3) is 0 Å². The second kappa shape index (κ2) is 4.97. The highest BCUT2D eigenvalue weighted by atomic mass is 16.6. The summed E-state index contributed by atoms with van der Waals surface area (Å²) in [5.74, 6) is -2.13. The zero-order chi connectivity index (χ0) is 14.0. The van der Waals surface area contributed by atoms with Crippen LogP contribution in [0.3, 0.4) is 0 Å². The van der Waals surface area contributed by atoms with Gasteiger partial charge in [0.1, 0.15) is 0 Å². The van der Waals surface area contributed by atoms with Gasteiger partial charge in [-0.3, -0.25) is 0 Å². The molecule has 5 heteroatoms. The van der Waals surface area contributed by atoms with Crippen molar-refractivity contribution in [1.82, 2.24) is 0 Å². The number of phenols is 2. The standard InChI is InChI=1S/C14H12O5/c1-2-3-4-9-12(14(18)19-13(9)17)8-5-6-10(15)11(16)7-8/h3-7,15-16H,2H2,1H3/b4-3+. The molecule has 1 aromatic carbocycles. The number of rotatable bonds is 3. The molecule has 0 bridgehead atoms. The highest BCUT2D eigenvalue weighted by molar-refractivity contribution is 6.31. The molecule has 0 atom stereocenters. The third-order valence-electron chi connectivity index (χ3n) is 2.66. The quantitative estimate of drug-likeness (QED) is 0.492. The summed E-state index contributed by atoms with van der Waals surface area (Å²) in [6, 6.07) is 3.89. The van der Waals surface area contributed by atoms with E-state index in [4.69, 9.17) is 0 Å². The normalized spacial score (nSPS) is 15.4. The number of benzene rings is 1. The SMILES string of the molecule is CC/C=C/C1=C(c2ccc(O)c(O)c2)C(=O)OC1=O. The summed E-state index contributed by atoms with van der Waals surface area (Å²) in [5.41, 5.74) is 0.559. The van der Waals surface area contributed by atoms with Crippen LogP contribution < -0.4 is 0 Å². The Hall–Kier alpha value is -2.56. The monoisotopic (exact) mass is 260 g/mol. The summed E-state index contributed by atoms with van der Waals surface area (Å²) >= 11 is 0. The predicted octanol–water partition coefficient (Wildman–Crippen LogP) is 1.90. The average Bonchev–Trinajstić information content (AvgIpc) is 2.65. The zero-order valence-corrected chi connectivity index (χ0v) is 10.2. The Labute approximate surface area is 109 Å². The van der Waals surface area contributed by atoms with Crippen LogP contribution in [-0.2, 0) is 14.3 Å². The number of hydrogen-bond donors (Lipinski definition) is 2. The van der Waals surface area contributed by atoms with Crippen molar-refractivity contribution in [3.63, 3.8) is 0 Å². The van der Waals surface area contributed by atoms with Gasteiger partial charge in [-0.05, 0) is 24.1 Å². The van der Waals surface area contributed by atoms with Gasteiger partial charge in [0.15, 0.2) is 11.5 Å². The third-order valence-corrected chi connectivity index (χ3v) is 2.66. The molecule has 1 aliphatic heterocycles. The molecule has 0 fully saturated rings. The number of phenolic OH excluding ortho intramolecular Hbond substituents is 2. The van der Waals surface area contributed by atoms with Gasteiger partial charge in [0.2, 0.25) is 0 Å². The van der Waals surface area contributed by atoms with Crippen LogP contribution >= 0.6 is 0 Å². The number of esters is 2. The minimum Gasteiger partial charge on any atom is -0.504 e. The van der Waals surface area contributed by atoms with E-state index in [1.54, 1.807) is 6.08 Å². The lowest BCUT2D eigenvalue weighted by Crippen LogP contribution is -2.01. The summed E-state index contributed by atoms with van der Waals surface area (Å²) in [7, 11) is 0. The molecule has 0 radical (unpaired) electrons. The molecule has 0 spiro atoms. The maximum atomic E-state index is 11.7. The first-order valence-electron chi connectivity index (χ1n) is 5.74. The van der Waals surface area contributed by atoms with Crippen LogP contribution in [0.25, 0.3) is 5.57 Å². The number of hydrogen-bond acceptors (Lipinski definition) is 5. The molecule has 1 heterocycles. The van der Waals surface area contributed by atoms with Crippen molar-refractivity contribution in [2.45, 2.75) is 13.3 Å². The summed E-state index contributed by atoms with van der Waals surface area (Å²) in [6.07, 6.45) is 3.96. The van der Waals surface area contributed by atoms with E-state index < -0.39 is 11.9 Å². The Morgan fingerprint density at radius 1 is 1.16 bits per heavy atom. The number of ether oxygens (including phenoxy) is 1. The number of aromatic hydroxyl groups is 2. The van der Waals surface area contributed by atoms with Crippen LogP contribution in [0.5, 0.6) is 11.5 Å². The van der Waals surface area contributed by atoms with Gasteiger partial charge in [-0.1, -0.05) is 25.1 Å². The molecular weight excluding hydrogens is 248 g/mol. The Balaban J connectivity index is 2.57. The number of carbonyl (C=O) groups is 2. The highest BCUT2D eigenvalue weighted by Crippen LogP contribution is 2.33. The maximum absolute atomic E-state index is 11.7. The van der Waals surface area contributed by atoms with Gasteiger partial charge >= 0.3 is 11.9 Å². The van der Waals surface area contributed by atoms with Crippen molar-refractivity contribution in [3.05, 3.63) is 41.5 Å². The molecule has 0 saturated heterocycles. The molecule has 98 valence electrons. The van der Waals surface area contributed by atoms with Crippen LogP contribution in [0.15, 0.2) is 35.9 Å². The van der Waals surface area contributed by atoms with Crippen LogP contribution in [0.4, 0.5) is 0 Å².